The van der Waals surface area contributed by atoms with E-state index in [1.54, 1.807) is 18.3 Å². The maximum atomic E-state index is 11.3. The minimum absolute atomic E-state index is 0.128. The van der Waals surface area contributed by atoms with E-state index in [0.717, 1.165) is 25.7 Å². The molecule has 1 aliphatic carbocycles. The van der Waals surface area contributed by atoms with Crippen LogP contribution < -0.4 is 10.1 Å². The molecule has 1 amide bonds. The number of carbonyl (C=O) groups is 1. The summed E-state index contributed by atoms with van der Waals surface area (Å²) in [5.41, 5.74) is 0. The number of hydrogen-bond donors (Lipinski definition) is 1. The van der Waals surface area contributed by atoms with Gasteiger partial charge in [0.2, 0.25) is 11.8 Å². The van der Waals surface area contributed by atoms with Gasteiger partial charge in [-0.1, -0.05) is 18.5 Å². The summed E-state index contributed by atoms with van der Waals surface area (Å²) in [4.78, 5) is 15.4. The monoisotopic (exact) mass is 282 g/mol. The lowest BCUT2D eigenvalue weighted by Crippen LogP contribution is -2.39. The largest absolute Gasteiger partial charge is 0.474 e. The number of amides is 1. The molecule has 1 heterocycles. The van der Waals surface area contributed by atoms with Crippen LogP contribution in [-0.4, -0.2) is 23.0 Å². The number of carbonyl (C=O) groups excluding carboxylic acids is 1. The fourth-order valence-electron chi connectivity index (χ4n) is 2.26. The van der Waals surface area contributed by atoms with Crippen molar-refractivity contribution in [3.63, 3.8) is 0 Å². The summed E-state index contributed by atoms with van der Waals surface area (Å²) in [5, 5.41) is 3.64. The summed E-state index contributed by atoms with van der Waals surface area (Å²) in [6, 6.07) is 3.86. The molecule has 1 aromatic heterocycles. The Morgan fingerprint density at radius 2 is 2.16 bits per heavy atom. The molecule has 1 N–H and O–H groups in total. The van der Waals surface area contributed by atoms with Gasteiger partial charge in [0, 0.05) is 24.7 Å². The molecule has 0 aliphatic heterocycles. The molecule has 0 spiro atoms. The summed E-state index contributed by atoms with van der Waals surface area (Å²) >= 11 is 5.78. The SMILES string of the molecule is CCC(=O)NC1CCC(Oc2ccc(Cl)cn2)CC1. The summed E-state index contributed by atoms with van der Waals surface area (Å²) in [5.74, 6) is 0.745. The predicted molar refractivity (Wildman–Crippen MR) is 74.4 cm³/mol. The zero-order valence-corrected chi connectivity index (χ0v) is 11.8. The molecule has 0 bridgehead atoms. The summed E-state index contributed by atoms with van der Waals surface area (Å²) in [6.45, 7) is 1.87. The Kier molecular flexibility index (Phi) is 5.02. The third-order valence-corrected chi connectivity index (χ3v) is 3.57. The average Bonchev–Trinajstić information content (AvgIpc) is 2.43. The standard InChI is InChI=1S/C14H19ClN2O2/c1-2-13(18)17-11-4-6-12(7-5-11)19-14-8-3-10(15)9-16-14/h3,8-9,11-12H,2,4-7H2,1H3,(H,17,18). The van der Waals surface area contributed by atoms with Crippen LogP contribution >= 0.6 is 11.6 Å². The van der Waals surface area contributed by atoms with E-state index in [4.69, 9.17) is 16.3 Å². The van der Waals surface area contributed by atoms with E-state index in [1.807, 2.05) is 6.92 Å². The molecule has 104 valence electrons. The molecule has 19 heavy (non-hydrogen) atoms. The summed E-state index contributed by atoms with van der Waals surface area (Å²) < 4.78 is 5.81. The Morgan fingerprint density at radius 3 is 2.74 bits per heavy atom. The van der Waals surface area contributed by atoms with E-state index in [9.17, 15) is 4.79 Å². The number of halogens is 1. The molecule has 1 saturated carbocycles. The fraction of sp³-hybridized carbons (Fsp3) is 0.571. The highest BCUT2D eigenvalue weighted by Gasteiger charge is 2.23. The molecule has 1 aliphatic rings. The molecule has 2 rings (SSSR count). The van der Waals surface area contributed by atoms with Crippen LogP contribution in [0.15, 0.2) is 18.3 Å². The second kappa shape index (κ2) is 6.75. The van der Waals surface area contributed by atoms with Crippen molar-refractivity contribution in [2.24, 2.45) is 0 Å². The maximum Gasteiger partial charge on any atom is 0.219 e. The van der Waals surface area contributed by atoms with Gasteiger partial charge in [-0.05, 0) is 31.7 Å². The van der Waals surface area contributed by atoms with E-state index in [0.29, 0.717) is 23.4 Å². The van der Waals surface area contributed by atoms with Crippen LogP contribution in [0.25, 0.3) is 0 Å². The van der Waals surface area contributed by atoms with E-state index in [2.05, 4.69) is 10.3 Å². The topological polar surface area (TPSA) is 51.2 Å². The predicted octanol–water partition coefficient (Wildman–Crippen LogP) is 2.95. The first-order valence-corrected chi connectivity index (χ1v) is 7.12. The number of rotatable bonds is 4. The van der Waals surface area contributed by atoms with Crippen LogP contribution in [0.2, 0.25) is 5.02 Å². The highest BCUT2D eigenvalue weighted by atomic mass is 35.5. The van der Waals surface area contributed by atoms with Gasteiger partial charge in [-0.3, -0.25) is 4.79 Å². The van der Waals surface area contributed by atoms with Crippen LogP contribution in [0.5, 0.6) is 5.88 Å². The first kappa shape index (κ1) is 14.1. The number of aromatic nitrogens is 1. The molecule has 0 aromatic carbocycles. The Morgan fingerprint density at radius 1 is 1.42 bits per heavy atom. The van der Waals surface area contributed by atoms with Crippen LogP contribution in [0, 0.1) is 0 Å². The Bertz CT molecular complexity index is 414. The fourth-order valence-corrected chi connectivity index (χ4v) is 2.37. The van der Waals surface area contributed by atoms with Crippen LogP contribution in [0.4, 0.5) is 0 Å². The van der Waals surface area contributed by atoms with Crippen LogP contribution in [-0.2, 0) is 4.79 Å². The van der Waals surface area contributed by atoms with E-state index in [-0.39, 0.29) is 12.0 Å². The van der Waals surface area contributed by atoms with Gasteiger partial charge in [0.05, 0.1) is 5.02 Å². The smallest absolute Gasteiger partial charge is 0.219 e. The van der Waals surface area contributed by atoms with Gasteiger partial charge >= 0.3 is 0 Å². The number of pyridine rings is 1. The lowest BCUT2D eigenvalue weighted by Gasteiger charge is -2.29. The van der Waals surface area contributed by atoms with Crippen LogP contribution in [0.3, 0.4) is 0 Å². The minimum Gasteiger partial charge on any atom is -0.474 e. The molecule has 0 unspecified atom stereocenters. The van der Waals surface area contributed by atoms with Crippen molar-refractivity contribution in [1.82, 2.24) is 10.3 Å². The van der Waals surface area contributed by atoms with E-state index >= 15 is 0 Å². The van der Waals surface area contributed by atoms with Gasteiger partial charge < -0.3 is 10.1 Å². The quantitative estimate of drug-likeness (QED) is 0.924. The van der Waals surface area contributed by atoms with Crippen molar-refractivity contribution in [3.05, 3.63) is 23.4 Å². The van der Waals surface area contributed by atoms with E-state index in [1.165, 1.54) is 0 Å². The molecular formula is C14H19ClN2O2. The number of ether oxygens (including phenoxy) is 1. The molecule has 4 nitrogen and oxygen atoms in total. The zero-order valence-electron chi connectivity index (χ0n) is 11.1. The molecular weight excluding hydrogens is 264 g/mol. The van der Waals surface area contributed by atoms with E-state index < -0.39 is 0 Å². The van der Waals surface area contributed by atoms with Crippen molar-refractivity contribution < 1.29 is 9.53 Å². The Balaban J connectivity index is 1.77. The summed E-state index contributed by atoms with van der Waals surface area (Å²) in [6.07, 6.45) is 6.13. The molecule has 1 aromatic rings. The van der Waals surface area contributed by atoms with Crippen molar-refractivity contribution in [1.29, 1.82) is 0 Å². The van der Waals surface area contributed by atoms with Crippen molar-refractivity contribution in [2.75, 3.05) is 0 Å². The molecule has 5 heteroatoms. The third kappa shape index (κ3) is 4.39. The first-order chi connectivity index (χ1) is 9.17. The van der Waals surface area contributed by atoms with Gasteiger partial charge in [-0.25, -0.2) is 4.98 Å². The highest BCUT2D eigenvalue weighted by molar-refractivity contribution is 6.30. The average molecular weight is 283 g/mol. The summed E-state index contributed by atoms with van der Waals surface area (Å²) in [7, 11) is 0. The number of nitrogens with zero attached hydrogens (tertiary/aromatic N) is 1. The van der Waals surface area contributed by atoms with Crippen molar-refractivity contribution in [3.8, 4) is 5.88 Å². The molecule has 0 saturated heterocycles. The maximum absolute atomic E-state index is 11.3. The van der Waals surface area contributed by atoms with Gasteiger partial charge in [0.1, 0.15) is 6.10 Å². The Labute approximate surface area is 118 Å². The van der Waals surface area contributed by atoms with Crippen molar-refractivity contribution in [2.45, 2.75) is 51.2 Å². The lowest BCUT2D eigenvalue weighted by molar-refractivity contribution is -0.121. The van der Waals surface area contributed by atoms with Gasteiger partial charge in [0.15, 0.2) is 0 Å². The van der Waals surface area contributed by atoms with Crippen LogP contribution in [0.1, 0.15) is 39.0 Å². The third-order valence-electron chi connectivity index (χ3n) is 3.35. The second-order valence-corrected chi connectivity index (χ2v) is 5.26. The van der Waals surface area contributed by atoms with Gasteiger partial charge in [-0.15, -0.1) is 0 Å². The van der Waals surface area contributed by atoms with Crippen molar-refractivity contribution >= 4 is 17.5 Å². The molecule has 0 radical (unpaired) electrons. The minimum atomic E-state index is 0.128. The highest BCUT2D eigenvalue weighted by Crippen LogP contribution is 2.23. The molecule has 0 atom stereocenters. The van der Waals surface area contributed by atoms with Gasteiger partial charge in [0.25, 0.3) is 0 Å². The second-order valence-electron chi connectivity index (χ2n) is 4.83. The molecule has 1 fully saturated rings. The number of hydrogen-bond acceptors (Lipinski definition) is 3. The van der Waals surface area contributed by atoms with Gasteiger partial charge in [-0.2, -0.15) is 0 Å². The zero-order chi connectivity index (χ0) is 13.7. The first-order valence-electron chi connectivity index (χ1n) is 6.75. The lowest BCUT2D eigenvalue weighted by atomic mass is 9.93. The normalized spacial score (nSPS) is 22.8. The Hall–Kier alpha value is -1.29. The number of nitrogens with one attached hydrogen (secondary N) is 1.